The van der Waals surface area contributed by atoms with E-state index in [0.717, 1.165) is 0 Å². The quantitative estimate of drug-likeness (QED) is 0.433. The molecule has 2 amide bonds. The molecule has 0 aromatic carbocycles. The first-order valence-corrected chi connectivity index (χ1v) is 5.59. The van der Waals surface area contributed by atoms with Gasteiger partial charge in [-0.2, -0.15) is 0 Å². The lowest BCUT2D eigenvalue weighted by atomic mass is 10.0. The number of carbonyl (C=O) groups is 2. The van der Waals surface area contributed by atoms with E-state index in [0.29, 0.717) is 0 Å². The Morgan fingerprint density at radius 1 is 1.42 bits per heavy atom. The van der Waals surface area contributed by atoms with Crippen LogP contribution in [0.3, 0.4) is 0 Å². The van der Waals surface area contributed by atoms with Gasteiger partial charge in [0, 0.05) is 6.20 Å². The second-order valence-electron chi connectivity index (χ2n) is 4.26. The van der Waals surface area contributed by atoms with Crippen molar-refractivity contribution in [3.8, 4) is 0 Å². The second kappa shape index (κ2) is 6.10. The molecule has 0 aliphatic heterocycles. The summed E-state index contributed by atoms with van der Waals surface area (Å²) >= 11 is 0. The fraction of sp³-hybridized carbons (Fsp3) is 0.364. The molecule has 0 aliphatic carbocycles. The minimum absolute atomic E-state index is 0.210. The summed E-state index contributed by atoms with van der Waals surface area (Å²) in [6, 6.07) is 0.304. The molecule has 1 atom stereocenters. The summed E-state index contributed by atoms with van der Waals surface area (Å²) in [7, 11) is 0. The first-order valence-electron chi connectivity index (χ1n) is 5.59. The number of nitrogens with two attached hydrogens (primary N) is 2. The summed E-state index contributed by atoms with van der Waals surface area (Å²) in [5.74, 6) is 2.26. The number of rotatable bonds is 5. The minimum Gasteiger partial charge on any atom is -0.368 e. The van der Waals surface area contributed by atoms with E-state index in [2.05, 4.69) is 10.3 Å². The number of hydrogen-bond acceptors (Lipinski definition) is 5. The average molecular weight is 269 g/mol. The predicted octanol–water partition coefficient (Wildman–Crippen LogP) is -0.254. The standard InChI is InChI=1S/C11H16FN5O2/c1-5(2)8(9(13)18)16-11(19)6-3-4-15-10(17-14)7(6)12/h3-5,8H,14H2,1-2H3,(H2,13,18)(H,15,17)(H,16,19). The van der Waals surface area contributed by atoms with Gasteiger partial charge in [-0.25, -0.2) is 15.2 Å². The summed E-state index contributed by atoms with van der Waals surface area (Å²) in [5.41, 5.74) is 6.93. The van der Waals surface area contributed by atoms with Crippen molar-refractivity contribution in [2.45, 2.75) is 19.9 Å². The van der Waals surface area contributed by atoms with Crippen LogP contribution in [0.5, 0.6) is 0 Å². The van der Waals surface area contributed by atoms with Gasteiger partial charge in [0.15, 0.2) is 11.6 Å². The molecular weight excluding hydrogens is 253 g/mol. The van der Waals surface area contributed by atoms with Crippen molar-refractivity contribution < 1.29 is 14.0 Å². The fourth-order valence-electron chi connectivity index (χ4n) is 1.51. The lowest BCUT2D eigenvalue weighted by molar-refractivity contribution is -0.120. The van der Waals surface area contributed by atoms with Crippen molar-refractivity contribution in [2.24, 2.45) is 17.5 Å². The fourth-order valence-corrected chi connectivity index (χ4v) is 1.51. The third-order valence-electron chi connectivity index (χ3n) is 2.53. The molecule has 8 heteroatoms. The van der Waals surface area contributed by atoms with Gasteiger partial charge in [-0.15, -0.1) is 0 Å². The molecule has 1 unspecified atom stereocenters. The van der Waals surface area contributed by atoms with Crippen molar-refractivity contribution in [1.82, 2.24) is 10.3 Å². The summed E-state index contributed by atoms with van der Waals surface area (Å²) in [6.07, 6.45) is 1.22. The van der Waals surface area contributed by atoms with Gasteiger partial charge < -0.3 is 16.5 Å². The molecule has 0 spiro atoms. The summed E-state index contributed by atoms with van der Waals surface area (Å²) in [4.78, 5) is 26.7. The Morgan fingerprint density at radius 3 is 2.53 bits per heavy atom. The number of primary amides is 1. The van der Waals surface area contributed by atoms with E-state index in [9.17, 15) is 14.0 Å². The zero-order valence-electron chi connectivity index (χ0n) is 10.6. The lowest BCUT2D eigenvalue weighted by Crippen LogP contribution is -2.47. The molecule has 6 N–H and O–H groups in total. The number of nitrogen functional groups attached to an aromatic ring is 1. The van der Waals surface area contributed by atoms with Crippen molar-refractivity contribution in [3.05, 3.63) is 23.6 Å². The first-order chi connectivity index (χ1) is 8.88. The van der Waals surface area contributed by atoms with Crippen LogP contribution in [0.4, 0.5) is 10.2 Å². The van der Waals surface area contributed by atoms with Crippen LogP contribution in [0.25, 0.3) is 0 Å². The highest BCUT2D eigenvalue weighted by Crippen LogP contribution is 2.14. The Balaban J connectivity index is 2.98. The third-order valence-corrected chi connectivity index (χ3v) is 2.53. The summed E-state index contributed by atoms with van der Waals surface area (Å²) in [5, 5.41) is 2.37. The Labute approximate surface area is 109 Å². The number of pyridine rings is 1. The Hall–Kier alpha value is -2.22. The number of anilines is 1. The molecule has 0 bridgehead atoms. The van der Waals surface area contributed by atoms with Gasteiger partial charge in [-0.1, -0.05) is 13.8 Å². The molecule has 0 radical (unpaired) electrons. The Morgan fingerprint density at radius 2 is 2.05 bits per heavy atom. The van der Waals surface area contributed by atoms with Gasteiger partial charge >= 0.3 is 0 Å². The molecule has 7 nitrogen and oxygen atoms in total. The van der Waals surface area contributed by atoms with E-state index in [1.165, 1.54) is 12.3 Å². The Kier molecular flexibility index (Phi) is 4.76. The normalized spacial score (nSPS) is 12.1. The highest BCUT2D eigenvalue weighted by molar-refractivity contribution is 5.98. The van der Waals surface area contributed by atoms with E-state index in [1.807, 2.05) is 5.43 Å². The van der Waals surface area contributed by atoms with Crippen LogP contribution in [-0.2, 0) is 4.79 Å². The number of nitrogens with zero attached hydrogens (tertiary/aromatic N) is 1. The largest absolute Gasteiger partial charge is 0.368 e. The van der Waals surface area contributed by atoms with Crippen molar-refractivity contribution in [1.29, 1.82) is 0 Å². The number of hydrazine groups is 1. The number of aromatic nitrogens is 1. The molecule has 1 aromatic rings. The van der Waals surface area contributed by atoms with Gasteiger partial charge in [-0.05, 0) is 12.0 Å². The van der Waals surface area contributed by atoms with Crippen molar-refractivity contribution >= 4 is 17.6 Å². The van der Waals surface area contributed by atoms with Crippen molar-refractivity contribution in [2.75, 3.05) is 5.43 Å². The number of halogens is 1. The summed E-state index contributed by atoms with van der Waals surface area (Å²) < 4.78 is 13.8. The first kappa shape index (κ1) is 14.8. The van der Waals surface area contributed by atoms with Gasteiger partial charge in [0.25, 0.3) is 5.91 Å². The maximum absolute atomic E-state index is 13.8. The van der Waals surface area contributed by atoms with Crippen LogP contribution in [0.2, 0.25) is 0 Å². The number of nitrogens with one attached hydrogen (secondary N) is 2. The van der Waals surface area contributed by atoms with E-state index in [-0.39, 0.29) is 17.3 Å². The molecule has 0 fully saturated rings. The maximum Gasteiger partial charge on any atom is 0.255 e. The van der Waals surface area contributed by atoms with Crippen LogP contribution in [0.15, 0.2) is 12.3 Å². The monoisotopic (exact) mass is 269 g/mol. The second-order valence-corrected chi connectivity index (χ2v) is 4.26. The maximum atomic E-state index is 13.8. The topological polar surface area (TPSA) is 123 Å². The molecule has 0 saturated heterocycles. The van der Waals surface area contributed by atoms with Gasteiger partial charge in [0.05, 0.1) is 5.56 Å². The van der Waals surface area contributed by atoms with Crippen LogP contribution >= 0.6 is 0 Å². The zero-order chi connectivity index (χ0) is 14.6. The lowest BCUT2D eigenvalue weighted by Gasteiger charge is -2.19. The Bertz CT molecular complexity index is 492. The molecule has 0 saturated carbocycles. The highest BCUT2D eigenvalue weighted by Gasteiger charge is 2.24. The van der Waals surface area contributed by atoms with E-state index >= 15 is 0 Å². The minimum atomic E-state index is -0.894. The van der Waals surface area contributed by atoms with Crippen LogP contribution in [0.1, 0.15) is 24.2 Å². The molecule has 104 valence electrons. The molecule has 19 heavy (non-hydrogen) atoms. The van der Waals surface area contributed by atoms with E-state index < -0.39 is 23.7 Å². The zero-order valence-corrected chi connectivity index (χ0v) is 10.6. The van der Waals surface area contributed by atoms with E-state index in [4.69, 9.17) is 11.6 Å². The van der Waals surface area contributed by atoms with Crippen LogP contribution in [-0.4, -0.2) is 22.8 Å². The van der Waals surface area contributed by atoms with Gasteiger partial charge in [0.1, 0.15) is 6.04 Å². The number of carbonyl (C=O) groups excluding carboxylic acids is 2. The third kappa shape index (κ3) is 3.38. The smallest absolute Gasteiger partial charge is 0.255 e. The highest BCUT2D eigenvalue weighted by atomic mass is 19.1. The summed E-state index contributed by atoms with van der Waals surface area (Å²) in [6.45, 7) is 3.43. The predicted molar refractivity (Wildman–Crippen MR) is 67.3 cm³/mol. The number of hydrogen-bond donors (Lipinski definition) is 4. The molecule has 1 rings (SSSR count). The van der Waals surface area contributed by atoms with Crippen LogP contribution in [0, 0.1) is 11.7 Å². The van der Waals surface area contributed by atoms with Crippen molar-refractivity contribution in [3.63, 3.8) is 0 Å². The van der Waals surface area contributed by atoms with Gasteiger partial charge in [0.2, 0.25) is 5.91 Å². The SMILES string of the molecule is CC(C)C(NC(=O)c1ccnc(NN)c1F)C(N)=O. The number of amides is 2. The molecule has 1 aromatic heterocycles. The molecular formula is C11H16FN5O2. The van der Waals surface area contributed by atoms with Crippen LogP contribution < -0.4 is 22.3 Å². The molecule has 0 aliphatic rings. The average Bonchev–Trinajstić information content (AvgIpc) is 2.35. The molecule has 1 heterocycles. The van der Waals surface area contributed by atoms with E-state index in [1.54, 1.807) is 13.8 Å². The van der Waals surface area contributed by atoms with Gasteiger partial charge in [-0.3, -0.25) is 9.59 Å².